The van der Waals surface area contributed by atoms with Gasteiger partial charge in [0.1, 0.15) is 5.75 Å². The third-order valence-electron chi connectivity index (χ3n) is 7.41. The zero-order valence-electron chi connectivity index (χ0n) is 20.9. The molecule has 0 aliphatic heterocycles. The quantitative estimate of drug-likeness (QED) is 0.515. The number of likely N-dealkylation sites (N-methyl/N-ethyl adjacent to an activating group) is 1. The normalized spacial score (nSPS) is 22.5. The Morgan fingerprint density at radius 1 is 1.00 bits per heavy atom. The van der Waals surface area contributed by atoms with Gasteiger partial charge >= 0.3 is 0 Å². The summed E-state index contributed by atoms with van der Waals surface area (Å²) in [4.78, 5) is 30.2. The van der Waals surface area contributed by atoms with E-state index < -0.39 is 11.4 Å². The highest BCUT2D eigenvalue weighted by molar-refractivity contribution is 5.78. The van der Waals surface area contributed by atoms with E-state index in [1.54, 1.807) is 12.0 Å². The summed E-state index contributed by atoms with van der Waals surface area (Å²) >= 11 is 0. The van der Waals surface area contributed by atoms with E-state index in [1.165, 1.54) is 5.56 Å². The Morgan fingerprint density at radius 3 is 2.12 bits per heavy atom. The summed E-state index contributed by atoms with van der Waals surface area (Å²) in [5.41, 5.74) is 7.40. The first-order valence-electron chi connectivity index (χ1n) is 11.8. The van der Waals surface area contributed by atoms with Crippen molar-refractivity contribution in [2.75, 3.05) is 41.3 Å². The molecule has 2 aromatic carbocycles. The van der Waals surface area contributed by atoms with Crippen LogP contribution in [-0.4, -0.2) is 73.9 Å². The number of carbonyl (C=O) groups excluding carboxylic acids is 2. The van der Waals surface area contributed by atoms with Crippen molar-refractivity contribution in [1.82, 2.24) is 14.7 Å². The molecule has 0 radical (unpaired) electrons. The largest absolute Gasteiger partial charge is 0.497 e. The second-order valence-electron chi connectivity index (χ2n) is 9.74. The molecule has 0 bridgehead atoms. The molecule has 0 saturated heterocycles. The summed E-state index contributed by atoms with van der Waals surface area (Å²) in [6.07, 6.45) is 4.11. The van der Waals surface area contributed by atoms with Crippen LogP contribution in [0.3, 0.4) is 0 Å². The Morgan fingerprint density at radius 2 is 1.62 bits per heavy atom. The maximum atomic E-state index is 12.2. The van der Waals surface area contributed by atoms with Gasteiger partial charge in [0.15, 0.2) is 0 Å². The zero-order valence-corrected chi connectivity index (χ0v) is 20.9. The number of rotatable bonds is 11. The van der Waals surface area contributed by atoms with E-state index in [-0.39, 0.29) is 12.1 Å². The topological polar surface area (TPSA) is 79.1 Å². The molecule has 7 heteroatoms. The fraction of sp³-hybridized carbons (Fsp3) is 0.481. The van der Waals surface area contributed by atoms with E-state index in [1.807, 2.05) is 18.2 Å². The molecule has 34 heavy (non-hydrogen) atoms. The first kappa shape index (κ1) is 25.7. The molecule has 1 aliphatic rings. The van der Waals surface area contributed by atoms with Crippen molar-refractivity contribution in [3.05, 3.63) is 65.7 Å². The molecule has 1 aliphatic carbocycles. The molecular weight excluding hydrogens is 428 g/mol. The average molecular weight is 467 g/mol. The smallest absolute Gasteiger partial charge is 0.237 e. The van der Waals surface area contributed by atoms with Crippen molar-refractivity contribution in [2.24, 2.45) is 5.73 Å². The van der Waals surface area contributed by atoms with Gasteiger partial charge in [-0.3, -0.25) is 19.4 Å². The molecule has 0 atom stereocenters. The van der Waals surface area contributed by atoms with Crippen molar-refractivity contribution >= 4 is 12.3 Å². The van der Waals surface area contributed by atoms with Crippen LogP contribution >= 0.6 is 0 Å². The molecule has 2 N–H and O–H groups in total. The summed E-state index contributed by atoms with van der Waals surface area (Å²) in [5, 5.41) is 0. The monoisotopic (exact) mass is 466 g/mol. The van der Waals surface area contributed by atoms with Crippen molar-refractivity contribution < 1.29 is 14.3 Å². The summed E-state index contributed by atoms with van der Waals surface area (Å²) in [7, 11) is 7.96. The molecule has 0 unspecified atom stereocenters. The van der Waals surface area contributed by atoms with Gasteiger partial charge in [-0.1, -0.05) is 42.5 Å². The van der Waals surface area contributed by atoms with Crippen molar-refractivity contribution in [2.45, 2.75) is 43.3 Å². The van der Waals surface area contributed by atoms with E-state index in [4.69, 9.17) is 10.5 Å². The lowest BCUT2D eigenvalue weighted by molar-refractivity contribution is -0.135. The number of carbonyl (C=O) groups is 2. The maximum Gasteiger partial charge on any atom is 0.237 e. The Balaban J connectivity index is 1.85. The first-order chi connectivity index (χ1) is 16.2. The number of hydrogen-bond acceptors (Lipinski definition) is 5. The van der Waals surface area contributed by atoms with Crippen molar-refractivity contribution in [3.8, 4) is 5.75 Å². The highest BCUT2D eigenvalue weighted by atomic mass is 16.5. The van der Waals surface area contributed by atoms with Gasteiger partial charge in [0, 0.05) is 18.6 Å². The standard InChI is InChI=1S/C27H38N4O3/c1-29(2)27(23-8-6-5-7-9-23)16-14-26(15-17-27,31(21-32)19-25(28)33)20-30(3)18-22-10-12-24(34-4)13-11-22/h5-13,21H,14-20H2,1-4H3,(H2,28,33). The number of nitrogens with zero attached hydrogens (tertiary/aromatic N) is 3. The highest BCUT2D eigenvalue weighted by Crippen LogP contribution is 2.46. The van der Waals surface area contributed by atoms with Crippen LogP contribution in [-0.2, 0) is 21.7 Å². The highest BCUT2D eigenvalue weighted by Gasteiger charge is 2.48. The van der Waals surface area contributed by atoms with E-state index in [0.717, 1.165) is 50.0 Å². The summed E-state index contributed by atoms with van der Waals surface area (Å²) in [5.74, 6) is 0.335. The molecule has 0 heterocycles. The molecule has 0 spiro atoms. The number of primary amides is 1. The molecule has 2 aromatic rings. The van der Waals surface area contributed by atoms with Crippen LogP contribution in [0, 0.1) is 0 Å². The van der Waals surface area contributed by atoms with Crippen LogP contribution in [0.15, 0.2) is 54.6 Å². The van der Waals surface area contributed by atoms with Crippen LogP contribution in [0.4, 0.5) is 0 Å². The van der Waals surface area contributed by atoms with E-state index in [9.17, 15) is 9.59 Å². The lowest BCUT2D eigenvalue weighted by Crippen LogP contribution is -2.61. The molecule has 2 amide bonds. The maximum absolute atomic E-state index is 12.2. The average Bonchev–Trinajstić information content (AvgIpc) is 2.83. The predicted molar refractivity (Wildman–Crippen MR) is 134 cm³/mol. The van der Waals surface area contributed by atoms with Crippen LogP contribution in [0.25, 0.3) is 0 Å². The molecule has 184 valence electrons. The van der Waals surface area contributed by atoms with Gasteiger partial charge in [0.2, 0.25) is 12.3 Å². The van der Waals surface area contributed by atoms with E-state index >= 15 is 0 Å². The van der Waals surface area contributed by atoms with Gasteiger partial charge in [-0.05, 0) is 70.1 Å². The van der Waals surface area contributed by atoms with Gasteiger partial charge in [-0.2, -0.15) is 0 Å². The second-order valence-corrected chi connectivity index (χ2v) is 9.74. The molecule has 0 aromatic heterocycles. The number of nitrogens with two attached hydrogens (primary N) is 1. The third-order valence-corrected chi connectivity index (χ3v) is 7.41. The number of ether oxygens (including phenoxy) is 1. The van der Waals surface area contributed by atoms with Crippen molar-refractivity contribution in [3.63, 3.8) is 0 Å². The molecule has 1 fully saturated rings. The lowest BCUT2D eigenvalue weighted by Gasteiger charge is -2.53. The number of benzene rings is 2. The van der Waals surface area contributed by atoms with Gasteiger partial charge < -0.3 is 15.4 Å². The third kappa shape index (κ3) is 5.59. The minimum absolute atomic E-state index is 0.0693. The Labute approximate surface area is 203 Å². The first-order valence-corrected chi connectivity index (χ1v) is 11.8. The lowest BCUT2D eigenvalue weighted by atomic mass is 9.67. The van der Waals surface area contributed by atoms with E-state index in [2.05, 4.69) is 67.3 Å². The van der Waals surface area contributed by atoms with Crippen LogP contribution in [0.1, 0.15) is 36.8 Å². The summed E-state index contributed by atoms with van der Waals surface area (Å²) < 4.78 is 5.26. The molecule has 3 rings (SSSR count). The fourth-order valence-electron chi connectivity index (χ4n) is 5.49. The fourth-order valence-corrected chi connectivity index (χ4v) is 5.49. The number of methoxy groups -OCH3 is 1. The Bertz CT molecular complexity index is 938. The zero-order chi connectivity index (χ0) is 24.8. The number of amides is 2. The van der Waals surface area contributed by atoms with E-state index in [0.29, 0.717) is 6.54 Å². The minimum atomic E-state index is -0.489. The van der Waals surface area contributed by atoms with Gasteiger partial charge in [0.25, 0.3) is 0 Å². The Hall–Kier alpha value is -2.90. The second kappa shape index (κ2) is 11.0. The molecular formula is C27H38N4O3. The summed E-state index contributed by atoms with van der Waals surface area (Å²) in [6.45, 7) is 1.32. The number of hydrogen-bond donors (Lipinski definition) is 1. The molecule has 1 saturated carbocycles. The van der Waals surface area contributed by atoms with Crippen LogP contribution in [0.2, 0.25) is 0 Å². The SMILES string of the molecule is COc1ccc(CN(C)CC2(N(C=O)CC(N)=O)CCC(c3ccccc3)(N(C)C)CC2)cc1. The van der Waals surface area contributed by atoms with Gasteiger partial charge in [0.05, 0.1) is 19.2 Å². The minimum Gasteiger partial charge on any atom is -0.497 e. The predicted octanol–water partition coefficient (Wildman–Crippen LogP) is 2.84. The van der Waals surface area contributed by atoms with Crippen molar-refractivity contribution in [1.29, 1.82) is 0 Å². The molecule has 7 nitrogen and oxygen atoms in total. The Kier molecular flexibility index (Phi) is 8.33. The van der Waals surface area contributed by atoms with Gasteiger partial charge in [-0.25, -0.2) is 0 Å². The van der Waals surface area contributed by atoms with Gasteiger partial charge in [-0.15, -0.1) is 0 Å². The van der Waals surface area contributed by atoms with Crippen LogP contribution < -0.4 is 10.5 Å². The summed E-state index contributed by atoms with van der Waals surface area (Å²) in [6, 6.07) is 18.6. The van der Waals surface area contributed by atoms with Crippen LogP contribution in [0.5, 0.6) is 5.75 Å².